The van der Waals surface area contributed by atoms with E-state index in [1.165, 1.54) is 11.3 Å². The molecule has 0 fully saturated rings. The van der Waals surface area contributed by atoms with Crippen LogP contribution in [0.2, 0.25) is 0 Å². The quantitative estimate of drug-likeness (QED) is 0.841. The van der Waals surface area contributed by atoms with Crippen LogP contribution >= 0.6 is 11.3 Å². The Kier molecular flexibility index (Phi) is 5.33. The van der Waals surface area contributed by atoms with Gasteiger partial charge in [0.05, 0.1) is 10.9 Å². The molecule has 0 bridgehead atoms. The van der Waals surface area contributed by atoms with E-state index >= 15 is 0 Å². The van der Waals surface area contributed by atoms with E-state index in [-0.39, 0.29) is 11.8 Å². The van der Waals surface area contributed by atoms with Gasteiger partial charge in [-0.15, -0.1) is 11.3 Å². The molecular weight excluding hydrogens is 250 g/mol. The summed E-state index contributed by atoms with van der Waals surface area (Å²) in [5, 5.41) is 15.7. The van der Waals surface area contributed by atoms with Crippen LogP contribution in [0.3, 0.4) is 0 Å². The average molecular weight is 265 g/mol. The lowest BCUT2D eigenvalue weighted by molar-refractivity contribution is -0.122. The van der Waals surface area contributed by atoms with Gasteiger partial charge in [0, 0.05) is 0 Å². The van der Waals surface area contributed by atoms with Crippen molar-refractivity contribution in [2.24, 2.45) is 0 Å². The van der Waals surface area contributed by atoms with Crippen LogP contribution in [0.4, 0.5) is 0 Å². The Hall–Kier alpha value is -1.87. The van der Waals surface area contributed by atoms with Gasteiger partial charge >= 0.3 is 0 Å². The Morgan fingerprint density at radius 1 is 1.50 bits per heavy atom. The Balaban J connectivity index is 2.50. The number of nitrogens with one attached hydrogen (secondary N) is 2. The van der Waals surface area contributed by atoms with E-state index in [9.17, 15) is 9.59 Å². The molecule has 1 heterocycles. The fourth-order valence-electron chi connectivity index (χ4n) is 1.26. The van der Waals surface area contributed by atoms with E-state index in [1.807, 2.05) is 13.0 Å². The summed E-state index contributed by atoms with van der Waals surface area (Å²) in [5.74, 6) is -0.633. The Morgan fingerprint density at radius 2 is 2.22 bits per heavy atom. The minimum Gasteiger partial charge on any atom is -0.340 e. The molecule has 18 heavy (non-hydrogen) atoms. The molecule has 0 spiro atoms. The number of hydrogen-bond acceptors (Lipinski definition) is 4. The Morgan fingerprint density at radius 3 is 2.72 bits per heavy atom. The number of carbonyl (C=O) groups excluding carboxylic acids is 2. The summed E-state index contributed by atoms with van der Waals surface area (Å²) >= 11 is 1.31. The summed E-state index contributed by atoms with van der Waals surface area (Å²) in [6, 6.07) is 4.26. The van der Waals surface area contributed by atoms with E-state index in [2.05, 4.69) is 10.6 Å². The van der Waals surface area contributed by atoms with Gasteiger partial charge in [0.15, 0.2) is 0 Å². The number of amides is 2. The second kappa shape index (κ2) is 6.77. The van der Waals surface area contributed by atoms with Crippen molar-refractivity contribution < 1.29 is 9.59 Å². The highest BCUT2D eigenvalue weighted by Crippen LogP contribution is 2.08. The van der Waals surface area contributed by atoms with Crippen molar-refractivity contribution in [2.75, 3.05) is 0 Å². The molecule has 0 aliphatic rings. The summed E-state index contributed by atoms with van der Waals surface area (Å²) < 4.78 is 0. The summed E-state index contributed by atoms with van der Waals surface area (Å²) in [7, 11) is 0. The van der Waals surface area contributed by atoms with E-state index in [0.717, 1.165) is 0 Å². The van der Waals surface area contributed by atoms with Gasteiger partial charge in [0.1, 0.15) is 12.1 Å². The molecule has 0 aliphatic carbocycles. The Labute approximate surface area is 110 Å². The predicted molar refractivity (Wildman–Crippen MR) is 69.1 cm³/mol. The molecule has 2 atom stereocenters. The minimum absolute atomic E-state index is 0.280. The lowest BCUT2D eigenvalue weighted by atomic mass is 10.2. The van der Waals surface area contributed by atoms with Crippen LogP contribution in [-0.2, 0) is 4.79 Å². The molecular formula is C12H15N3O2S. The summed E-state index contributed by atoms with van der Waals surface area (Å²) in [6.07, 6.45) is 0.536. The van der Waals surface area contributed by atoms with Crippen molar-refractivity contribution in [3.63, 3.8) is 0 Å². The number of rotatable bonds is 5. The first kappa shape index (κ1) is 14.2. The third-order valence-corrected chi connectivity index (χ3v) is 3.24. The van der Waals surface area contributed by atoms with Gasteiger partial charge in [-0.05, 0) is 24.8 Å². The predicted octanol–water partition coefficient (Wildman–Crippen LogP) is 1.28. The molecule has 0 radical (unpaired) electrons. The Bertz CT molecular complexity index is 450. The van der Waals surface area contributed by atoms with Gasteiger partial charge in [0.2, 0.25) is 5.91 Å². The molecule has 0 unspecified atom stereocenters. The zero-order valence-electron chi connectivity index (χ0n) is 10.3. The van der Waals surface area contributed by atoms with Gasteiger partial charge in [0.25, 0.3) is 5.91 Å². The zero-order chi connectivity index (χ0) is 13.5. The number of hydrogen-bond donors (Lipinski definition) is 2. The van der Waals surface area contributed by atoms with E-state index in [1.54, 1.807) is 24.4 Å². The molecule has 5 nitrogen and oxygen atoms in total. The molecule has 96 valence electrons. The molecule has 0 aliphatic heterocycles. The van der Waals surface area contributed by atoms with Crippen LogP contribution in [-0.4, -0.2) is 23.9 Å². The number of thiophene rings is 1. The van der Waals surface area contributed by atoms with Crippen LogP contribution < -0.4 is 10.6 Å². The van der Waals surface area contributed by atoms with Crippen molar-refractivity contribution in [3.8, 4) is 6.07 Å². The molecule has 0 aromatic carbocycles. The fraction of sp³-hybridized carbons (Fsp3) is 0.417. The number of nitriles is 1. The third-order valence-electron chi connectivity index (χ3n) is 2.37. The third kappa shape index (κ3) is 3.86. The summed E-state index contributed by atoms with van der Waals surface area (Å²) in [4.78, 5) is 24.0. The lowest BCUT2D eigenvalue weighted by Crippen LogP contribution is -2.47. The first-order valence-corrected chi connectivity index (χ1v) is 6.50. The maximum Gasteiger partial charge on any atom is 0.261 e. The van der Waals surface area contributed by atoms with Crippen molar-refractivity contribution >= 4 is 23.2 Å². The molecule has 2 amide bonds. The van der Waals surface area contributed by atoms with Crippen LogP contribution in [0.15, 0.2) is 17.5 Å². The van der Waals surface area contributed by atoms with Gasteiger partial charge in [-0.25, -0.2) is 0 Å². The zero-order valence-corrected chi connectivity index (χ0v) is 11.1. The highest BCUT2D eigenvalue weighted by Gasteiger charge is 2.19. The highest BCUT2D eigenvalue weighted by atomic mass is 32.1. The molecule has 1 aromatic heterocycles. The van der Waals surface area contributed by atoms with Crippen LogP contribution in [0.1, 0.15) is 29.9 Å². The van der Waals surface area contributed by atoms with Gasteiger partial charge in [-0.3, -0.25) is 9.59 Å². The number of nitrogens with zero attached hydrogens (tertiary/aromatic N) is 1. The van der Waals surface area contributed by atoms with Crippen molar-refractivity contribution in [1.29, 1.82) is 5.26 Å². The molecule has 0 saturated heterocycles. The van der Waals surface area contributed by atoms with E-state index in [4.69, 9.17) is 5.26 Å². The first-order valence-electron chi connectivity index (χ1n) is 5.62. The molecule has 0 saturated carbocycles. The van der Waals surface area contributed by atoms with Gasteiger partial charge in [-0.1, -0.05) is 13.0 Å². The van der Waals surface area contributed by atoms with Crippen LogP contribution in [0.5, 0.6) is 0 Å². The van der Waals surface area contributed by atoms with Crippen LogP contribution in [0, 0.1) is 11.3 Å². The maximum absolute atomic E-state index is 11.7. The van der Waals surface area contributed by atoms with E-state index < -0.39 is 12.1 Å². The second-order valence-corrected chi connectivity index (χ2v) is 4.72. The summed E-state index contributed by atoms with van der Waals surface area (Å²) in [5.41, 5.74) is 0. The second-order valence-electron chi connectivity index (χ2n) is 3.77. The smallest absolute Gasteiger partial charge is 0.261 e. The topological polar surface area (TPSA) is 82.0 Å². The minimum atomic E-state index is -0.665. The lowest BCUT2D eigenvalue weighted by Gasteiger charge is -2.15. The molecule has 1 aromatic rings. The number of carbonyl (C=O) groups is 2. The molecule has 6 heteroatoms. The van der Waals surface area contributed by atoms with Crippen molar-refractivity contribution in [3.05, 3.63) is 22.4 Å². The van der Waals surface area contributed by atoms with Gasteiger partial charge < -0.3 is 10.6 Å². The SMILES string of the molecule is CC[C@H](C#N)NC(=O)[C@H](C)NC(=O)c1cccs1. The van der Waals surface area contributed by atoms with Gasteiger partial charge in [-0.2, -0.15) is 5.26 Å². The normalized spacial score (nSPS) is 13.2. The van der Waals surface area contributed by atoms with E-state index in [0.29, 0.717) is 11.3 Å². The molecule has 1 rings (SSSR count). The highest BCUT2D eigenvalue weighted by molar-refractivity contribution is 7.12. The first-order chi connectivity index (χ1) is 8.58. The van der Waals surface area contributed by atoms with Crippen molar-refractivity contribution in [1.82, 2.24) is 10.6 Å². The monoisotopic (exact) mass is 265 g/mol. The summed E-state index contributed by atoms with van der Waals surface area (Å²) in [6.45, 7) is 3.40. The van der Waals surface area contributed by atoms with Crippen LogP contribution in [0.25, 0.3) is 0 Å². The largest absolute Gasteiger partial charge is 0.340 e. The average Bonchev–Trinajstić information content (AvgIpc) is 2.89. The fourth-order valence-corrected chi connectivity index (χ4v) is 1.89. The molecule has 2 N–H and O–H groups in total. The maximum atomic E-state index is 11.7. The standard InChI is InChI=1S/C12H15N3O2S/c1-3-9(7-13)15-11(16)8(2)14-12(17)10-5-4-6-18-10/h4-6,8-9H,3H2,1-2H3,(H,14,17)(H,15,16)/t8-,9+/m0/s1. The van der Waals surface area contributed by atoms with Crippen molar-refractivity contribution in [2.45, 2.75) is 32.4 Å².